The third-order valence-electron chi connectivity index (χ3n) is 5.55. The number of anilines is 2. The van der Waals surface area contributed by atoms with Crippen LogP contribution in [0.4, 0.5) is 10.8 Å². The number of benzene rings is 1. The smallest absolute Gasteiger partial charge is 0.231 e. The van der Waals surface area contributed by atoms with Crippen LogP contribution in [0.3, 0.4) is 0 Å². The van der Waals surface area contributed by atoms with Gasteiger partial charge in [-0.15, -0.1) is 11.3 Å². The number of likely N-dealkylation sites (tertiary alicyclic amines) is 1. The Morgan fingerprint density at radius 3 is 2.97 bits per heavy atom. The molecule has 0 radical (unpaired) electrons. The number of carbonyl (C=O) groups excluding carboxylic acids is 2. The number of halogens is 1. The van der Waals surface area contributed by atoms with Gasteiger partial charge in [0.25, 0.3) is 0 Å². The van der Waals surface area contributed by atoms with E-state index in [1.807, 2.05) is 17.5 Å². The number of hydrogen-bond acceptors (Lipinski definition) is 5. The van der Waals surface area contributed by atoms with E-state index in [1.165, 1.54) is 24.2 Å². The van der Waals surface area contributed by atoms with E-state index in [-0.39, 0.29) is 18.2 Å². The third kappa shape index (κ3) is 4.79. The van der Waals surface area contributed by atoms with Gasteiger partial charge in [-0.25, -0.2) is 4.98 Å². The maximum absolute atomic E-state index is 12.7. The lowest BCUT2D eigenvalue weighted by molar-refractivity contribution is -0.122. The maximum Gasteiger partial charge on any atom is 0.231 e. The van der Waals surface area contributed by atoms with Gasteiger partial charge >= 0.3 is 0 Å². The first-order valence-electron chi connectivity index (χ1n) is 10.0. The number of thiazole rings is 1. The number of nitrogens with zero attached hydrogens (tertiary/aromatic N) is 3. The Morgan fingerprint density at radius 1 is 1.34 bits per heavy atom. The first kappa shape index (κ1) is 20.3. The molecule has 2 amide bonds. The molecule has 2 aromatic rings. The summed E-state index contributed by atoms with van der Waals surface area (Å²) < 4.78 is 0. The van der Waals surface area contributed by atoms with Crippen molar-refractivity contribution in [1.29, 1.82) is 0 Å². The van der Waals surface area contributed by atoms with E-state index >= 15 is 0 Å². The predicted octanol–water partition coefficient (Wildman–Crippen LogP) is 4.02. The number of aromatic nitrogens is 1. The van der Waals surface area contributed by atoms with Crippen molar-refractivity contribution in [1.82, 2.24) is 9.88 Å². The molecule has 8 heteroatoms. The molecule has 3 heterocycles. The number of carbonyl (C=O) groups is 2. The maximum atomic E-state index is 12.7. The fourth-order valence-electron chi connectivity index (χ4n) is 4.09. The van der Waals surface area contributed by atoms with Crippen LogP contribution in [0.5, 0.6) is 0 Å². The molecule has 2 fully saturated rings. The second-order valence-electron chi connectivity index (χ2n) is 7.97. The van der Waals surface area contributed by atoms with Gasteiger partial charge in [0.05, 0.1) is 22.3 Å². The van der Waals surface area contributed by atoms with Gasteiger partial charge in [0.15, 0.2) is 5.13 Å². The number of piperidine rings is 1. The second-order valence-corrected chi connectivity index (χ2v) is 9.24. The first-order valence-corrected chi connectivity index (χ1v) is 11.3. The molecule has 154 valence electrons. The first-order chi connectivity index (χ1) is 14.0. The summed E-state index contributed by atoms with van der Waals surface area (Å²) >= 11 is 7.65. The van der Waals surface area contributed by atoms with Crippen molar-refractivity contribution < 1.29 is 9.59 Å². The van der Waals surface area contributed by atoms with Crippen LogP contribution in [0.25, 0.3) is 0 Å². The number of rotatable bonds is 5. The fourth-order valence-corrected chi connectivity index (χ4v) is 5.03. The summed E-state index contributed by atoms with van der Waals surface area (Å²) in [5.41, 5.74) is 1.64. The Balaban J connectivity index is 1.35. The van der Waals surface area contributed by atoms with Crippen molar-refractivity contribution in [2.75, 3.05) is 29.9 Å². The van der Waals surface area contributed by atoms with Gasteiger partial charge in [-0.1, -0.05) is 30.7 Å². The monoisotopic (exact) mass is 432 g/mol. The van der Waals surface area contributed by atoms with E-state index < -0.39 is 5.92 Å². The standard InChI is InChI=1S/C21H25ClN4O2S/c1-14-5-4-8-25(10-14)12-16-13-29-21(23-16)24-20(28)15-9-19(27)26(11-15)18-7-3-2-6-17(18)22/h2-3,6-7,13-15H,4-5,8-12H2,1H3,(H,23,24,28). The molecule has 2 saturated heterocycles. The highest BCUT2D eigenvalue weighted by Gasteiger charge is 2.36. The Labute approximate surface area is 179 Å². The van der Waals surface area contributed by atoms with E-state index in [4.69, 9.17) is 11.6 Å². The highest BCUT2D eigenvalue weighted by Crippen LogP contribution is 2.31. The highest BCUT2D eigenvalue weighted by atomic mass is 35.5. The molecule has 0 bridgehead atoms. The number of hydrogen-bond donors (Lipinski definition) is 1. The number of para-hydroxylation sites is 1. The average Bonchev–Trinajstić information content (AvgIpc) is 3.28. The van der Waals surface area contributed by atoms with Crippen molar-refractivity contribution in [3.8, 4) is 0 Å². The minimum atomic E-state index is -0.408. The number of nitrogens with one attached hydrogen (secondary N) is 1. The molecule has 2 unspecified atom stereocenters. The topological polar surface area (TPSA) is 65.5 Å². The van der Waals surface area contributed by atoms with Crippen LogP contribution in [-0.4, -0.2) is 41.3 Å². The molecule has 1 N–H and O–H groups in total. The van der Waals surface area contributed by atoms with Crippen LogP contribution < -0.4 is 10.2 Å². The van der Waals surface area contributed by atoms with Gasteiger partial charge in [0.1, 0.15) is 0 Å². The molecule has 2 aliphatic heterocycles. The summed E-state index contributed by atoms with van der Waals surface area (Å²) in [5.74, 6) is 0.0642. The van der Waals surface area contributed by atoms with Gasteiger partial charge < -0.3 is 10.2 Å². The Morgan fingerprint density at radius 2 is 2.17 bits per heavy atom. The van der Waals surface area contributed by atoms with Gasteiger partial charge in [-0.2, -0.15) is 0 Å². The lowest BCUT2D eigenvalue weighted by atomic mass is 10.0. The summed E-state index contributed by atoms with van der Waals surface area (Å²) in [6, 6.07) is 7.20. The molecule has 6 nitrogen and oxygen atoms in total. The quantitative estimate of drug-likeness (QED) is 0.774. The van der Waals surface area contributed by atoms with Crippen LogP contribution in [0.2, 0.25) is 5.02 Å². The molecule has 1 aromatic carbocycles. The Bertz CT molecular complexity index is 902. The van der Waals surface area contributed by atoms with Crippen molar-refractivity contribution in [2.24, 2.45) is 11.8 Å². The molecular weight excluding hydrogens is 408 g/mol. The van der Waals surface area contributed by atoms with Gasteiger partial charge in [-0.3, -0.25) is 14.5 Å². The zero-order chi connectivity index (χ0) is 20.4. The van der Waals surface area contributed by atoms with E-state index in [2.05, 4.69) is 22.1 Å². The van der Waals surface area contributed by atoms with Crippen LogP contribution in [0.1, 0.15) is 31.9 Å². The van der Waals surface area contributed by atoms with Crippen LogP contribution in [-0.2, 0) is 16.1 Å². The Kier molecular flexibility index (Phi) is 6.18. The second kappa shape index (κ2) is 8.81. The van der Waals surface area contributed by atoms with E-state index in [1.54, 1.807) is 17.0 Å². The SMILES string of the molecule is CC1CCCN(Cc2csc(NC(=O)C3CC(=O)N(c4ccccc4Cl)C3)n2)C1. The minimum Gasteiger partial charge on any atom is -0.310 e. The largest absolute Gasteiger partial charge is 0.310 e. The molecule has 29 heavy (non-hydrogen) atoms. The van der Waals surface area contributed by atoms with E-state index in [0.717, 1.165) is 31.2 Å². The zero-order valence-electron chi connectivity index (χ0n) is 16.4. The minimum absolute atomic E-state index is 0.0858. The van der Waals surface area contributed by atoms with Crippen LogP contribution in [0, 0.1) is 11.8 Å². The van der Waals surface area contributed by atoms with Crippen LogP contribution >= 0.6 is 22.9 Å². The third-order valence-corrected chi connectivity index (χ3v) is 6.67. The zero-order valence-corrected chi connectivity index (χ0v) is 18.0. The summed E-state index contributed by atoms with van der Waals surface area (Å²) in [7, 11) is 0. The lowest BCUT2D eigenvalue weighted by Gasteiger charge is -2.30. The molecule has 2 aliphatic rings. The summed E-state index contributed by atoms with van der Waals surface area (Å²) in [4.78, 5) is 33.7. The van der Waals surface area contributed by atoms with Crippen molar-refractivity contribution in [2.45, 2.75) is 32.7 Å². The summed E-state index contributed by atoms with van der Waals surface area (Å²) in [6.45, 7) is 5.64. The normalized spacial score (nSPS) is 22.8. The summed E-state index contributed by atoms with van der Waals surface area (Å²) in [5, 5.41) is 6.01. The molecule has 0 spiro atoms. The molecule has 0 aliphatic carbocycles. The van der Waals surface area contributed by atoms with Crippen LogP contribution in [0.15, 0.2) is 29.6 Å². The lowest BCUT2D eigenvalue weighted by Crippen LogP contribution is -2.33. The van der Waals surface area contributed by atoms with E-state index in [9.17, 15) is 9.59 Å². The predicted molar refractivity (Wildman–Crippen MR) is 116 cm³/mol. The highest BCUT2D eigenvalue weighted by molar-refractivity contribution is 7.13. The van der Waals surface area contributed by atoms with Gasteiger partial charge in [0.2, 0.25) is 11.8 Å². The van der Waals surface area contributed by atoms with Crippen molar-refractivity contribution >= 4 is 45.6 Å². The molecule has 4 rings (SSSR count). The van der Waals surface area contributed by atoms with Gasteiger partial charge in [-0.05, 0) is 37.4 Å². The van der Waals surface area contributed by atoms with E-state index in [0.29, 0.717) is 22.4 Å². The summed E-state index contributed by atoms with van der Waals surface area (Å²) in [6.07, 6.45) is 2.70. The average molecular weight is 433 g/mol. The molecular formula is C21H25ClN4O2S. The Hall–Kier alpha value is -1.96. The molecule has 0 saturated carbocycles. The van der Waals surface area contributed by atoms with Gasteiger partial charge in [0, 0.05) is 31.4 Å². The molecule has 1 aromatic heterocycles. The van der Waals surface area contributed by atoms with Crippen molar-refractivity contribution in [3.63, 3.8) is 0 Å². The number of amides is 2. The molecule has 2 atom stereocenters. The van der Waals surface area contributed by atoms with Crippen molar-refractivity contribution in [3.05, 3.63) is 40.4 Å². The fraction of sp³-hybridized carbons (Fsp3) is 0.476.